The first-order chi connectivity index (χ1) is 5.79. The molecule has 0 atom stereocenters. The molecule has 1 heterocycles. The Morgan fingerprint density at radius 2 is 1.67 bits per heavy atom. The molecule has 66 valence electrons. The Morgan fingerprint density at radius 1 is 1.08 bits per heavy atom. The van der Waals surface area contributed by atoms with Gasteiger partial charge in [0, 0.05) is 19.0 Å². The number of carbonyl (C=O) groups is 2. The zero-order valence-corrected chi connectivity index (χ0v) is 7.08. The van der Waals surface area contributed by atoms with E-state index >= 15 is 0 Å². The number of carbonyl (C=O) groups excluding carboxylic acids is 2. The number of likely N-dealkylation sites (tertiary alicyclic amines) is 1. The van der Waals surface area contributed by atoms with Crippen molar-refractivity contribution < 1.29 is 9.59 Å². The largest absolute Gasteiger partial charge is 0.336 e. The number of hydrogen-bond acceptors (Lipinski definition) is 2. The van der Waals surface area contributed by atoms with Gasteiger partial charge in [0.15, 0.2) is 0 Å². The highest BCUT2D eigenvalue weighted by molar-refractivity contribution is 6.37. The number of amides is 1. The molecule has 3 heteroatoms. The van der Waals surface area contributed by atoms with Crippen LogP contribution in [0.25, 0.3) is 0 Å². The van der Waals surface area contributed by atoms with E-state index in [2.05, 4.69) is 0 Å². The van der Waals surface area contributed by atoms with Gasteiger partial charge in [-0.25, -0.2) is 0 Å². The summed E-state index contributed by atoms with van der Waals surface area (Å²) in [6.45, 7) is 1.58. The van der Waals surface area contributed by atoms with Crippen LogP contribution in [0, 0.1) is 5.92 Å². The average Bonchev–Trinajstić information content (AvgIpc) is 2.79. The Kier molecular flexibility index (Phi) is 1.87. The second-order valence-electron chi connectivity index (χ2n) is 3.64. The van der Waals surface area contributed by atoms with E-state index in [0.717, 1.165) is 38.8 Å². The standard InChI is InChI=1S/C9H13NO2/c11-8(7-3-4-7)9(12)10-5-1-2-6-10/h7H,1-6H2. The molecule has 0 radical (unpaired) electrons. The van der Waals surface area contributed by atoms with Crippen molar-refractivity contribution in [1.82, 2.24) is 4.90 Å². The van der Waals surface area contributed by atoms with E-state index < -0.39 is 0 Å². The van der Waals surface area contributed by atoms with Gasteiger partial charge in [-0.2, -0.15) is 0 Å². The van der Waals surface area contributed by atoms with E-state index in [4.69, 9.17) is 0 Å². The van der Waals surface area contributed by atoms with Crippen molar-refractivity contribution in [3.05, 3.63) is 0 Å². The number of nitrogens with zero attached hydrogens (tertiary/aromatic N) is 1. The second kappa shape index (κ2) is 2.88. The molecule has 0 unspecified atom stereocenters. The maximum absolute atomic E-state index is 11.4. The molecule has 2 rings (SSSR count). The number of hydrogen-bond donors (Lipinski definition) is 0. The molecule has 1 saturated heterocycles. The van der Waals surface area contributed by atoms with Crippen LogP contribution in [0.2, 0.25) is 0 Å². The van der Waals surface area contributed by atoms with Crippen molar-refractivity contribution in [2.75, 3.05) is 13.1 Å². The van der Waals surface area contributed by atoms with Gasteiger partial charge in [0.1, 0.15) is 0 Å². The van der Waals surface area contributed by atoms with Gasteiger partial charge in [0.25, 0.3) is 5.91 Å². The van der Waals surface area contributed by atoms with Crippen molar-refractivity contribution >= 4 is 11.7 Å². The molecule has 1 aliphatic carbocycles. The Morgan fingerprint density at radius 3 is 2.17 bits per heavy atom. The van der Waals surface area contributed by atoms with Crippen molar-refractivity contribution in [1.29, 1.82) is 0 Å². The van der Waals surface area contributed by atoms with Crippen molar-refractivity contribution in [3.8, 4) is 0 Å². The van der Waals surface area contributed by atoms with E-state index in [0.29, 0.717) is 0 Å². The van der Waals surface area contributed by atoms with Gasteiger partial charge in [-0.05, 0) is 25.7 Å². The molecule has 1 amide bonds. The zero-order chi connectivity index (χ0) is 8.55. The summed E-state index contributed by atoms with van der Waals surface area (Å²) in [5.74, 6) is -0.287. The van der Waals surface area contributed by atoms with Crippen molar-refractivity contribution in [2.45, 2.75) is 25.7 Å². The maximum Gasteiger partial charge on any atom is 0.290 e. The van der Waals surface area contributed by atoms with E-state index in [9.17, 15) is 9.59 Å². The Bertz CT molecular complexity index is 215. The minimum Gasteiger partial charge on any atom is -0.336 e. The lowest BCUT2D eigenvalue weighted by atomic mass is 10.2. The quantitative estimate of drug-likeness (QED) is 0.564. The van der Waals surface area contributed by atoms with Gasteiger partial charge in [-0.1, -0.05) is 0 Å². The maximum atomic E-state index is 11.4. The van der Waals surface area contributed by atoms with Crippen LogP contribution in [0.1, 0.15) is 25.7 Å². The third kappa shape index (κ3) is 1.36. The van der Waals surface area contributed by atoms with Gasteiger partial charge in [-0.3, -0.25) is 9.59 Å². The number of rotatable bonds is 2. The summed E-state index contributed by atoms with van der Waals surface area (Å²) in [4.78, 5) is 24.4. The molecular formula is C9H13NO2. The van der Waals surface area contributed by atoms with Crippen LogP contribution in [0.5, 0.6) is 0 Å². The van der Waals surface area contributed by atoms with Gasteiger partial charge in [0.05, 0.1) is 0 Å². The van der Waals surface area contributed by atoms with Crippen molar-refractivity contribution in [2.24, 2.45) is 5.92 Å². The molecule has 2 aliphatic rings. The summed E-state index contributed by atoms with van der Waals surface area (Å²) in [6, 6.07) is 0. The monoisotopic (exact) mass is 167 g/mol. The highest BCUT2D eigenvalue weighted by Crippen LogP contribution is 2.30. The fraction of sp³-hybridized carbons (Fsp3) is 0.778. The minimum absolute atomic E-state index is 0.0816. The zero-order valence-electron chi connectivity index (χ0n) is 7.08. The van der Waals surface area contributed by atoms with E-state index in [1.807, 2.05) is 0 Å². The van der Waals surface area contributed by atoms with Crippen LogP contribution in [0.15, 0.2) is 0 Å². The molecule has 0 N–H and O–H groups in total. The lowest BCUT2D eigenvalue weighted by molar-refractivity contribution is -0.144. The van der Waals surface area contributed by atoms with Gasteiger partial charge in [-0.15, -0.1) is 0 Å². The summed E-state index contributed by atoms with van der Waals surface area (Å²) in [5.41, 5.74) is 0. The third-order valence-corrected chi connectivity index (χ3v) is 2.55. The summed E-state index contributed by atoms with van der Waals surface area (Å²) in [5, 5.41) is 0. The smallest absolute Gasteiger partial charge is 0.290 e. The van der Waals surface area contributed by atoms with Gasteiger partial charge in [0.2, 0.25) is 5.78 Å². The molecule has 2 fully saturated rings. The fourth-order valence-corrected chi connectivity index (χ4v) is 1.60. The van der Waals surface area contributed by atoms with Crippen LogP contribution in [0.3, 0.4) is 0 Å². The molecule has 3 nitrogen and oxygen atoms in total. The van der Waals surface area contributed by atoms with E-state index in [-0.39, 0.29) is 17.6 Å². The van der Waals surface area contributed by atoms with Crippen LogP contribution in [-0.2, 0) is 9.59 Å². The highest BCUT2D eigenvalue weighted by atomic mass is 16.2. The summed E-state index contributed by atoms with van der Waals surface area (Å²) >= 11 is 0. The lowest BCUT2D eigenvalue weighted by Gasteiger charge is -2.13. The van der Waals surface area contributed by atoms with Crippen LogP contribution in [0.4, 0.5) is 0 Å². The normalized spacial score (nSPS) is 22.8. The number of Topliss-reactive ketones (excluding diaryl/α,β-unsaturated/α-hetero) is 1. The highest BCUT2D eigenvalue weighted by Gasteiger charge is 2.36. The molecule has 0 bridgehead atoms. The minimum atomic E-state index is -0.227. The fourth-order valence-electron chi connectivity index (χ4n) is 1.60. The van der Waals surface area contributed by atoms with Gasteiger partial charge >= 0.3 is 0 Å². The summed E-state index contributed by atoms with van der Waals surface area (Å²) < 4.78 is 0. The lowest BCUT2D eigenvalue weighted by Crippen LogP contribution is -2.34. The Balaban J connectivity index is 1.93. The topological polar surface area (TPSA) is 37.4 Å². The first kappa shape index (κ1) is 7.77. The molecule has 0 aromatic carbocycles. The second-order valence-corrected chi connectivity index (χ2v) is 3.64. The predicted molar refractivity (Wildman–Crippen MR) is 43.5 cm³/mol. The number of ketones is 1. The van der Waals surface area contributed by atoms with E-state index in [1.165, 1.54) is 0 Å². The van der Waals surface area contributed by atoms with Crippen LogP contribution < -0.4 is 0 Å². The molecular weight excluding hydrogens is 154 g/mol. The average molecular weight is 167 g/mol. The Labute approximate surface area is 71.7 Å². The van der Waals surface area contributed by atoms with Gasteiger partial charge < -0.3 is 4.90 Å². The molecule has 1 saturated carbocycles. The summed E-state index contributed by atoms with van der Waals surface area (Å²) in [6.07, 6.45) is 3.98. The van der Waals surface area contributed by atoms with Crippen LogP contribution in [-0.4, -0.2) is 29.7 Å². The Hall–Kier alpha value is -0.860. The first-order valence-corrected chi connectivity index (χ1v) is 4.62. The summed E-state index contributed by atoms with van der Waals surface area (Å²) in [7, 11) is 0. The molecule has 0 aromatic heterocycles. The van der Waals surface area contributed by atoms with Crippen molar-refractivity contribution in [3.63, 3.8) is 0 Å². The SMILES string of the molecule is O=C(C(=O)N1CCCC1)C1CC1. The molecule has 12 heavy (non-hydrogen) atoms. The molecule has 1 aliphatic heterocycles. The predicted octanol–water partition coefficient (Wildman–Crippen LogP) is 0.588. The first-order valence-electron chi connectivity index (χ1n) is 4.62. The third-order valence-electron chi connectivity index (χ3n) is 2.55. The van der Waals surface area contributed by atoms with Crippen LogP contribution >= 0.6 is 0 Å². The van der Waals surface area contributed by atoms with E-state index in [1.54, 1.807) is 4.90 Å². The molecule has 0 spiro atoms. The molecule has 0 aromatic rings.